The lowest BCUT2D eigenvalue weighted by atomic mass is 10.4. The minimum Gasteiger partial charge on any atom is -0.120 e. The largest absolute Gasteiger partial charge is 0.120 e. The highest BCUT2D eigenvalue weighted by atomic mass is 13.7. The summed E-state index contributed by atoms with van der Waals surface area (Å²) in [6.07, 6.45) is 7.19. The molecular formula is C5H6. The van der Waals surface area contributed by atoms with Crippen LogP contribution in [0.3, 0.4) is 0 Å². The van der Waals surface area contributed by atoms with Crippen LogP contribution in [-0.2, 0) is 0 Å². The van der Waals surface area contributed by atoms with Crippen molar-refractivity contribution in [2.24, 2.45) is 0 Å². The van der Waals surface area contributed by atoms with Gasteiger partial charge < -0.3 is 0 Å². The molecule has 2 radical (unpaired) electrons. The van der Waals surface area contributed by atoms with Gasteiger partial charge in [-0.3, -0.25) is 0 Å². The van der Waals surface area contributed by atoms with Gasteiger partial charge in [0.2, 0.25) is 0 Å². The van der Waals surface area contributed by atoms with Gasteiger partial charge in [0.15, 0.2) is 0 Å². The number of hydrogen-bond acceptors (Lipinski definition) is 0. The summed E-state index contributed by atoms with van der Waals surface area (Å²) in [5, 5.41) is 0. The topological polar surface area (TPSA) is 0 Å². The molecule has 0 nitrogen and oxygen atoms in total. The molecule has 0 aliphatic carbocycles. The molecule has 0 spiro atoms. The molecule has 0 aromatic heterocycles. The molecule has 0 aliphatic heterocycles. The van der Waals surface area contributed by atoms with Crippen molar-refractivity contribution in [3.05, 3.63) is 13.3 Å². The second kappa shape index (κ2) is 3.56. The summed E-state index contributed by atoms with van der Waals surface area (Å²) < 4.78 is 0. The monoisotopic (exact) mass is 66.0 g/mol. The van der Waals surface area contributed by atoms with Crippen LogP contribution in [0.2, 0.25) is 0 Å². The molecule has 0 N–H and O–H groups in total. The first-order valence-electron chi connectivity index (χ1n) is 1.46. The summed E-state index contributed by atoms with van der Waals surface area (Å²) in [5.74, 6) is 2.40. The smallest absolute Gasteiger partial charge is 0.0117 e. The highest BCUT2D eigenvalue weighted by molar-refractivity contribution is 4.91. The Morgan fingerprint density at radius 1 is 2.00 bits per heavy atom. The SMILES string of the molecule is C#CC[CH][CH2]. The molecule has 0 heteroatoms. The van der Waals surface area contributed by atoms with Gasteiger partial charge in [-0.15, -0.1) is 12.3 Å². The van der Waals surface area contributed by atoms with E-state index in [2.05, 4.69) is 12.8 Å². The zero-order chi connectivity index (χ0) is 4.12. The van der Waals surface area contributed by atoms with Gasteiger partial charge in [-0.1, -0.05) is 0 Å². The molecule has 5 heavy (non-hydrogen) atoms. The van der Waals surface area contributed by atoms with Crippen molar-refractivity contribution in [1.29, 1.82) is 0 Å². The van der Waals surface area contributed by atoms with Gasteiger partial charge in [-0.2, -0.15) is 0 Å². The first-order chi connectivity index (χ1) is 2.41. The molecular weight excluding hydrogens is 60.1 g/mol. The van der Waals surface area contributed by atoms with E-state index in [0.717, 1.165) is 0 Å². The minimum absolute atomic E-state index is 0.681. The van der Waals surface area contributed by atoms with E-state index in [-0.39, 0.29) is 0 Å². The van der Waals surface area contributed by atoms with E-state index in [1.165, 1.54) is 0 Å². The first-order valence-corrected chi connectivity index (χ1v) is 1.46. The summed E-state index contributed by atoms with van der Waals surface area (Å²) in [6.45, 7) is 3.41. The number of rotatable bonds is 1. The molecule has 0 rings (SSSR count). The van der Waals surface area contributed by atoms with Gasteiger partial charge in [-0.05, 0) is 13.3 Å². The third-order valence-electron chi connectivity index (χ3n) is 0.262. The Kier molecular flexibility index (Phi) is 3.25. The van der Waals surface area contributed by atoms with Crippen LogP contribution < -0.4 is 0 Å². The highest BCUT2D eigenvalue weighted by Gasteiger charge is 1.62. The maximum atomic E-state index is 4.82. The Morgan fingerprint density at radius 2 is 2.60 bits per heavy atom. The van der Waals surface area contributed by atoms with E-state index in [4.69, 9.17) is 6.42 Å². The highest BCUT2D eigenvalue weighted by Crippen LogP contribution is 1.74. The van der Waals surface area contributed by atoms with E-state index >= 15 is 0 Å². The van der Waals surface area contributed by atoms with Gasteiger partial charge >= 0.3 is 0 Å². The minimum atomic E-state index is 0.681. The zero-order valence-corrected chi connectivity index (χ0v) is 3.07. The lowest BCUT2D eigenvalue weighted by Gasteiger charge is -1.68. The maximum Gasteiger partial charge on any atom is 0.0117 e. The molecule has 0 atom stereocenters. The van der Waals surface area contributed by atoms with E-state index < -0.39 is 0 Å². The Balaban J connectivity index is 2.48. The lowest BCUT2D eigenvalue weighted by molar-refractivity contribution is 1.35. The molecule has 0 heterocycles. The van der Waals surface area contributed by atoms with Gasteiger partial charge in [0.05, 0.1) is 0 Å². The first kappa shape index (κ1) is 4.56. The molecule has 0 unspecified atom stereocenters. The normalized spacial score (nSPS) is 6.40. The Labute approximate surface area is 33.2 Å². The van der Waals surface area contributed by atoms with Crippen LogP contribution in [0.1, 0.15) is 6.42 Å². The number of terminal acetylenes is 1. The predicted octanol–water partition coefficient (Wildman–Crippen LogP) is 1.05. The average molecular weight is 66.1 g/mol. The zero-order valence-electron chi connectivity index (χ0n) is 3.07. The predicted molar refractivity (Wildman–Crippen MR) is 23.1 cm³/mol. The average Bonchev–Trinajstić information content (AvgIpc) is 1.41. The molecule has 0 aromatic rings. The second-order valence-corrected chi connectivity index (χ2v) is 0.697. The second-order valence-electron chi connectivity index (χ2n) is 0.697. The van der Waals surface area contributed by atoms with E-state index in [0.29, 0.717) is 6.42 Å². The molecule has 0 bridgehead atoms. The van der Waals surface area contributed by atoms with Crippen molar-refractivity contribution in [3.8, 4) is 12.3 Å². The molecule has 0 amide bonds. The van der Waals surface area contributed by atoms with Crippen LogP contribution in [0.15, 0.2) is 0 Å². The third kappa shape index (κ3) is 3.56. The van der Waals surface area contributed by atoms with Gasteiger partial charge in [0.1, 0.15) is 0 Å². The molecule has 26 valence electrons. The van der Waals surface area contributed by atoms with Crippen molar-refractivity contribution < 1.29 is 0 Å². The quantitative estimate of drug-likeness (QED) is 0.401. The number of unbranched alkanes of at least 4 members (excludes halogenated alkanes) is 1. The Hall–Kier alpha value is -0.440. The van der Waals surface area contributed by atoms with Crippen LogP contribution in [0.5, 0.6) is 0 Å². The summed E-state index contributed by atoms with van der Waals surface area (Å²) in [4.78, 5) is 0. The van der Waals surface area contributed by atoms with Crippen molar-refractivity contribution in [1.82, 2.24) is 0 Å². The Bertz CT molecular complexity index is 38.5. The van der Waals surface area contributed by atoms with Crippen LogP contribution >= 0.6 is 0 Å². The van der Waals surface area contributed by atoms with Crippen molar-refractivity contribution in [2.75, 3.05) is 0 Å². The molecule has 0 saturated heterocycles. The van der Waals surface area contributed by atoms with Crippen molar-refractivity contribution >= 4 is 0 Å². The van der Waals surface area contributed by atoms with Crippen LogP contribution in [0, 0.1) is 25.7 Å². The van der Waals surface area contributed by atoms with Gasteiger partial charge in [0, 0.05) is 6.42 Å². The fraction of sp³-hybridized carbons (Fsp3) is 0.200. The molecule has 0 saturated carbocycles. The van der Waals surface area contributed by atoms with Gasteiger partial charge in [0.25, 0.3) is 0 Å². The van der Waals surface area contributed by atoms with E-state index in [1.54, 1.807) is 6.42 Å². The summed E-state index contributed by atoms with van der Waals surface area (Å²) in [7, 11) is 0. The third-order valence-corrected chi connectivity index (χ3v) is 0.262. The fourth-order valence-electron chi connectivity index (χ4n) is 0.0833. The number of hydrogen-bond donors (Lipinski definition) is 0. The fourth-order valence-corrected chi connectivity index (χ4v) is 0.0833. The summed E-state index contributed by atoms with van der Waals surface area (Å²) in [5.41, 5.74) is 0. The summed E-state index contributed by atoms with van der Waals surface area (Å²) in [6, 6.07) is 0. The molecule has 0 fully saturated rings. The molecule has 0 aliphatic rings. The standard InChI is InChI=1S/C5H6/c1-3-5-4-2/h1,4H,2,5H2. The van der Waals surface area contributed by atoms with Gasteiger partial charge in [-0.25, -0.2) is 0 Å². The van der Waals surface area contributed by atoms with Crippen LogP contribution in [-0.4, -0.2) is 0 Å². The van der Waals surface area contributed by atoms with E-state index in [9.17, 15) is 0 Å². The van der Waals surface area contributed by atoms with E-state index in [1.807, 2.05) is 0 Å². The van der Waals surface area contributed by atoms with Crippen LogP contribution in [0.4, 0.5) is 0 Å². The summed E-state index contributed by atoms with van der Waals surface area (Å²) >= 11 is 0. The molecule has 0 aromatic carbocycles. The van der Waals surface area contributed by atoms with Crippen molar-refractivity contribution in [2.45, 2.75) is 6.42 Å². The van der Waals surface area contributed by atoms with Crippen molar-refractivity contribution in [3.63, 3.8) is 0 Å². The van der Waals surface area contributed by atoms with Crippen LogP contribution in [0.25, 0.3) is 0 Å². The lowest BCUT2D eigenvalue weighted by Crippen LogP contribution is -1.56. The maximum absolute atomic E-state index is 4.82. The Morgan fingerprint density at radius 3 is 2.60 bits per heavy atom.